The standard InChI is InChI=1S/C7H5BrN2S2/c8-5-3-11-2-4(5)6-1-10-7(9)12-6/h1-3H,(H2,9,10). The summed E-state index contributed by atoms with van der Waals surface area (Å²) in [6.07, 6.45) is 1.80. The molecule has 0 aliphatic rings. The smallest absolute Gasteiger partial charge is 0.180 e. The molecule has 2 nitrogen and oxygen atoms in total. The Morgan fingerprint density at radius 3 is 2.75 bits per heavy atom. The lowest BCUT2D eigenvalue weighted by Crippen LogP contribution is -1.77. The molecule has 5 heteroatoms. The van der Waals surface area contributed by atoms with Gasteiger partial charge < -0.3 is 5.73 Å². The van der Waals surface area contributed by atoms with Crippen molar-refractivity contribution in [1.29, 1.82) is 0 Å². The summed E-state index contributed by atoms with van der Waals surface area (Å²) < 4.78 is 1.11. The van der Waals surface area contributed by atoms with Crippen LogP contribution >= 0.6 is 38.6 Å². The van der Waals surface area contributed by atoms with E-state index in [2.05, 4.69) is 26.3 Å². The van der Waals surface area contributed by atoms with Gasteiger partial charge in [0, 0.05) is 27.0 Å². The van der Waals surface area contributed by atoms with E-state index in [1.807, 2.05) is 5.38 Å². The average Bonchev–Trinajstić information content (AvgIpc) is 2.58. The monoisotopic (exact) mass is 260 g/mol. The van der Waals surface area contributed by atoms with Crippen molar-refractivity contribution in [3.63, 3.8) is 0 Å². The maximum atomic E-state index is 5.53. The number of halogens is 1. The zero-order valence-corrected chi connectivity index (χ0v) is 9.17. The molecule has 0 amide bonds. The van der Waals surface area contributed by atoms with Crippen LogP contribution in [0.3, 0.4) is 0 Å². The second-order valence-electron chi connectivity index (χ2n) is 2.20. The van der Waals surface area contributed by atoms with Crippen LogP contribution in [0.1, 0.15) is 0 Å². The lowest BCUT2D eigenvalue weighted by atomic mass is 10.3. The average molecular weight is 261 g/mol. The van der Waals surface area contributed by atoms with Crippen LogP contribution in [0.4, 0.5) is 5.13 Å². The first-order chi connectivity index (χ1) is 5.77. The number of thiophene rings is 1. The van der Waals surface area contributed by atoms with E-state index in [0.29, 0.717) is 5.13 Å². The van der Waals surface area contributed by atoms with Crippen LogP contribution in [0, 0.1) is 0 Å². The Hall–Kier alpha value is -0.390. The molecule has 0 aliphatic heterocycles. The highest BCUT2D eigenvalue weighted by Crippen LogP contribution is 2.35. The highest BCUT2D eigenvalue weighted by atomic mass is 79.9. The molecule has 2 rings (SSSR count). The first kappa shape index (κ1) is 8.22. The van der Waals surface area contributed by atoms with Crippen LogP contribution < -0.4 is 5.73 Å². The van der Waals surface area contributed by atoms with E-state index in [1.165, 1.54) is 16.9 Å². The largest absolute Gasteiger partial charge is 0.375 e. The van der Waals surface area contributed by atoms with Gasteiger partial charge in [-0.25, -0.2) is 4.98 Å². The third-order valence-electron chi connectivity index (χ3n) is 1.40. The number of nitrogens with two attached hydrogens (primary N) is 1. The molecule has 0 spiro atoms. The van der Waals surface area contributed by atoms with Crippen LogP contribution in [0.2, 0.25) is 0 Å². The second-order valence-corrected chi connectivity index (χ2v) is 4.86. The summed E-state index contributed by atoms with van der Waals surface area (Å²) in [5.41, 5.74) is 6.71. The third-order valence-corrected chi connectivity index (χ3v) is 3.97. The molecule has 0 radical (unpaired) electrons. The number of nitrogen functional groups attached to an aromatic ring is 1. The van der Waals surface area contributed by atoms with Crippen molar-refractivity contribution in [3.05, 3.63) is 21.4 Å². The predicted molar refractivity (Wildman–Crippen MR) is 57.5 cm³/mol. The fourth-order valence-electron chi connectivity index (χ4n) is 0.869. The van der Waals surface area contributed by atoms with Crippen molar-refractivity contribution >= 4 is 43.7 Å². The quantitative estimate of drug-likeness (QED) is 0.856. The molecule has 12 heavy (non-hydrogen) atoms. The van der Waals surface area contributed by atoms with Crippen molar-refractivity contribution < 1.29 is 0 Å². The van der Waals surface area contributed by atoms with E-state index in [1.54, 1.807) is 17.5 Å². The Morgan fingerprint density at radius 2 is 2.25 bits per heavy atom. The Labute approximate surface area is 86.2 Å². The van der Waals surface area contributed by atoms with Crippen molar-refractivity contribution in [2.75, 3.05) is 5.73 Å². The van der Waals surface area contributed by atoms with E-state index >= 15 is 0 Å². The molecule has 0 saturated carbocycles. The summed E-state index contributed by atoms with van der Waals surface area (Å²) >= 11 is 6.63. The van der Waals surface area contributed by atoms with Gasteiger partial charge in [0.25, 0.3) is 0 Å². The van der Waals surface area contributed by atoms with Gasteiger partial charge in [0.05, 0.1) is 4.88 Å². The molecule has 0 fully saturated rings. The van der Waals surface area contributed by atoms with Crippen LogP contribution in [0.25, 0.3) is 10.4 Å². The highest BCUT2D eigenvalue weighted by molar-refractivity contribution is 9.10. The van der Waals surface area contributed by atoms with Gasteiger partial charge in [-0.15, -0.1) is 0 Å². The number of thiazole rings is 1. The SMILES string of the molecule is Nc1ncc(-c2cscc2Br)s1. The zero-order valence-electron chi connectivity index (χ0n) is 5.95. The van der Waals surface area contributed by atoms with Crippen LogP contribution in [0.15, 0.2) is 21.4 Å². The minimum Gasteiger partial charge on any atom is -0.375 e. The summed E-state index contributed by atoms with van der Waals surface area (Å²) in [5.74, 6) is 0. The van der Waals surface area contributed by atoms with Crippen LogP contribution in [-0.2, 0) is 0 Å². The molecule has 0 saturated heterocycles. The molecule has 0 atom stereocenters. The number of hydrogen-bond donors (Lipinski definition) is 1. The van der Waals surface area contributed by atoms with Crippen molar-refractivity contribution in [3.8, 4) is 10.4 Å². The maximum Gasteiger partial charge on any atom is 0.180 e. The van der Waals surface area contributed by atoms with Gasteiger partial charge in [-0.3, -0.25) is 0 Å². The van der Waals surface area contributed by atoms with Gasteiger partial charge in [0.2, 0.25) is 0 Å². The number of hydrogen-bond acceptors (Lipinski definition) is 4. The van der Waals surface area contributed by atoms with Crippen molar-refractivity contribution in [1.82, 2.24) is 4.98 Å². The van der Waals surface area contributed by atoms with Gasteiger partial charge in [-0.1, -0.05) is 11.3 Å². The number of nitrogens with zero attached hydrogens (tertiary/aromatic N) is 1. The topological polar surface area (TPSA) is 38.9 Å². The Kier molecular flexibility index (Phi) is 2.16. The van der Waals surface area contributed by atoms with Gasteiger partial charge in [-0.2, -0.15) is 11.3 Å². The molecule has 2 aromatic heterocycles. The fourth-order valence-corrected chi connectivity index (χ4v) is 3.30. The Bertz CT molecular complexity index is 394. The first-order valence-electron chi connectivity index (χ1n) is 3.21. The summed E-state index contributed by atoms with van der Waals surface area (Å²) in [7, 11) is 0. The molecule has 0 bridgehead atoms. The van der Waals surface area contributed by atoms with Crippen LogP contribution in [0.5, 0.6) is 0 Å². The number of anilines is 1. The van der Waals surface area contributed by atoms with Crippen molar-refractivity contribution in [2.45, 2.75) is 0 Å². The van der Waals surface area contributed by atoms with Gasteiger partial charge >= 0.3 is 0 Å². The van der Waals surface area contributed by atoms with E-state index in [9.17, 15) is 0 Å². The van der Waals surface area contributed by atoms with E-state index in [4.69, 9.17) is 5.73 Å². The third kappa shape index (κ3) is 1.39. The minimum absolute atomic E-state index is 0.614. The molecular weight excluding hydrogens is 256 g/mol. The minimum atomic E-state index is 0.614. The van der Waals surface area contributed by atoms with Crippen molar-refractivity contribution in [2.24, 2.45) is 0 Å². The number of aromatic nitrogens is 1. The summed E-state index contributed by atoms with van der Waals surface area (Å²) in [4.78, 5) is 5.11. The molecule has 2 aromatic rings. The summed E-state index contributed by atoms with van der Waals surface area (Å²) in [6.45, 7) is 0. The molecule has 0 unspecified atom stereocenters. The van der Waals surface area contributed by atoms with E-state index in [-0.39, 0.29) is 0 Å². The lowest BCUT2D eigenvalue weighted by Gasteiger charge is -1.89. The van der Waals surface area contributed by atoms with Gasteiger partial charge in [0.1, 0.15) is 0 Å². The van der Waals surface area contributed by atoms with Gasteiger partial charge in [-0.05, 0) is 15.9 Å². The molecule has 0 aromatic carbocycles. The molecule has 0 aliphatic carbocycles. The summed E-state index contributed by atoms with van der Waals surface area (Å²) in [5, 5.41) is 4.74. The second kappa shape index (κ2) is 3.16. The zero-order chi connectivity index (χ0) is 8.55. The normalized spacial score (nSPS) is 10.4. The molecular formula is C7H5BrN2S2. The molecule has 2 N–H and O–H groups in total. The predicted octanol–water partition coefficient (Wildman–Crippen LogP) is 3.22. The highest BCUT2D eigenvalue weighted by Gasteiger charge is 2.06. The van der Waals surface area contributed by atoms with E-state index in [0.717, 1.165) is 9.35 Å². The molecule has 2 heterocycles. The lowest BCUT2D eigenvalue weighted by molar-refractivity contribution is 1.43. The summed E-state index contributed by atoms with van der Waals surface area (Å²) in [6, 6.07) is 0. The Balaban J connectivity index is 2.50. The number of rotatable bonds is 1. The van der Waals surface area contributed by atoms with E-state index < -0.39 is 0 Å². The molecule has 62 valence electrons. The van der Waals surface area contributed by atoms with Gasteiger partial charge in [0.15, 0.2) is 5.13 Å². The maximum absolute atomic E-state index is 5.53. The fraction of sp³-hybridized carbons (Fsp3) is 0. The first-order valence-corrected chi connectivity index (χ1v) is 5.76. The van der Waals surface area contributed by atoms with Crippen LogP contribution in [-0.4, -0.2) is 4.98 Å². The Morgan fingerprint density at radius 1 is 1.42 bits per heavy atom.